The van der Waals surface area contributed by atoms with Crippen LogP contribution in [0.4, 0.5) is 8.78 Å². The average molecular weight is 327 g/mol. The number of hydrogen-bond donors (Lipinski definition) is 0. The summed E-state index contributed by atoms with van der Waals surface area (Å²) >= 11 is 3.45. The number of rotatable bonds is 3. The third kappa shape index (κ3) is 2.95. The lowest BCUT2D eigenvalue weighted by molar-refractivity contribution is 0.411. The normalized spacial score (nSPS) is 12.3. The lowest BCUT2D eigenvalue weighted by Gasteiger charge is -2.13. The second-order valence-electron chi connectivity index (χ2n) is 4.26. The minimum Gasteiger partial charge on any atom is -0.497 e. The molecule has 2 aromatic carbocycles. The Morgan fingerprint density at radius 3 is 2.37 bits per heavy atom. The van der Waals surface area contributed by atoms with Crippen LogP contribution in [-0.2, 0) is 0 Å². The van der Waals surface area contributed by atoms with Crippen molar-refractivity contribution in [2.75, 3.05) is 7.11 Å². The molecule has 0 heterocycles. The third-order valence-corrected chi connectivity index (χ3v) is 3.98. The molecule has 0 fully saturated rings. The van der Waals surface area contributed by atoms with E-state index in [0.717, 1.165) is 5.56 Å². The highest BCUT2D eigenvalue weighted by atomic mass is 79.9. The molecule has 1 nitrogen and oxygen atoms in total. The Kier molecular flexibility index (Phi) is 4.20. The van der Waals surface area contributed by atoms with Gasteiger partial charge in [-0.3, -0.25) is 0 Å². The van der Waals surface area contributed by atoms with Gasteiger partial charge in [-0.15, -0.1) is 0 Å². The van der Waals surface area contributed by atoms with Crippen molar-refractivity contribution in [2.45, 2.75) is 11.8 Å². The molecule has 0 saturated heterocycles. The predicted molar refractivity (Wildman–Crippen MR) is 74.9 cm³/mol. The van der Waals surface area contributed by atoms with Gasteiger partial charge in [0.1, 0.15) is 17.4 Å². The Balaban J connectivity index is 2.38. The van der Waals surface area contributed by atoms with Gasteiger partial charge in [-0.2, -0.15) is 0 Å². The fraction of sp³-hybridized carbons (Fsp3) is 0.200. The SMILES string of the molecule is COc1ccc(C(Br)c2ccc(F)c(C)c2)c(F)c1. The number of alkyl halides is 1. The Bertz CT molecular complexity index is 599. The Labute approximate surface area is 119 Å². The van der Waals surface area contributed by atoms with E-state index in [1.165, 1.54) is 19.2 Å². The van der Waals surface area contributed by atoms with E-state index in [4.69, 9.17) is 4.74 Å². The van der Waals surface area contributed by atoms with Crippen LogP contribution in [0.15, 0.2) is 36.4 Å². The summed E-state index contributed by atoms with van der Waals surface area (Å²) in [4.78, 5) is -0.322. The van der Waals surface area contributed by atoms with Crippen molar-refractivity contribution in [3.8, 4) is 5.75 Å². The van der Waals surface area contributed by atoms with Crippen LogP contribution in [0.1, 0.15) is 21.5 Å². The molecule has 0 N–H and O–H groups in total. The van der Waals surface area contributed by atoms with Gasteiger partial charge >= 0.3 is 0 Å². The summed E-state index contributed by atoms with van der Waals surface area (Å²) in [5.74, 6) is -0.155. The van der Waals surface area contributed by atoms with Gasteiger partial charge < -0.3 is 4.74 Å². The number of methoxy groups -OCH3 is 1. The quantitative estimate of drug-likeness (QED) is 0.738. The first-order chi connectivity index (χ1) is 9.02. The maximum Gasteiger partial charge on any atom is 0.131 e. The maximum atomic E-state index is 14.0. The average Bonchev–Trinajstić information content (AvgIpc) is 2.41. The van der Waals surface area contributed by atoms with E-state index in [1.807, 2.05) is 0 Å². The predicted octanol–water partition coefficient (Wildman–Crippen LogP) is 4.77. The van der Waals surface area contributed by atoms with Crippen LogP contribution in [0, 0.1) is 18.6 Å². The summed E-state index contributed by atoms with van der Waals surface area (Å²) in [6.45, 7) is 1.68. The summed E-state index contributed by atoms with van der Waals surface area (Å²) in [6, 6.07) is 9.43. The lowest BCUT2D eigenvalue weighted by Crippen LogP contribution is -1.98. The van der Waals surface area contributed by atoms with E-state index in [0.29, 0.717) is 16.9 Å². The smallest absolute Gasteiger partial charge is 0.131 e. The first kappa shape index (κ1) is 14.0. The molecular formula is C15H13BrF2O. The van der Waals surface area contributed by atoms with E-state index in [9.17, 15) is 8.78 Å². The molecule has 0 aliphatic carbocycles. The summed E-state index contributed by atoms with van der Waals surface area (Å²) in [5, 5.41) is 0. The molecule has 0 bridgehead atoms. The van der Waals surface area contributed by atoms with Crippen LogP contribution >= 0.6 is 15.9 Å². The first-order valence-corrected chi connectivity index (χ1v) is 6.68. The van der Waals surface area contributed by atoms with Gasteiger partial charge in [0.25, 0.3) is 0 Å². The van der Waals surface area contributed by atoms with E-state index in [-0.39, 0.29) is 16.5 Å². The number of aryl methyl sites for hydroxylation is 1. The van der Waals surface area contributed by atoms with Crippen LogP contribution in [0.3, 0.4) is 0 Å². The molecule has 0 aliphatic heterocycles. The molecule has 1 atom stereocenters. The third-order valence-electron chi connectivity index (χ3n) is 2.96. The van der Waals surface area contributed by atoms with Gasteiger partial charge in [-0.05, 0) is 30.2 Å². The monoisotopic (exact) mass is 326 g/mol. The Hall–Kier alpha value is -1.42. The van der Waals surface area contributed by atoms with Gasteiger partial charge in [0.15, 0.2) is 0 Å². The van der Waals surface area contributed by atoms with Crippen LogP contribution in [0.5, 0.6) is 5.75 Å². The molecule has 4 heteroatoms. The van der Waals surface area contributed by atoms with Gasteiger partial charge in [0.2, 0.25) is 0 Å². The second kappa shape index (κ2) is 5.70. The van der Waals surface area contributed by atoms with Crippen LogP contribution < -0.4 is 4.74 Å². The van der Waals surface area contributed by atoms with Crippen LogP contribution in [0.2, 0.25) is 0 Å². The molecule has 0 aliphatic rings. The largest absolute Gasteiger partial charge is 0.497 e. The molecule has 2 aromatic rings. The van der Waals surface area contributed by atoms with Gasteiger partial charge in [-0.1, -0.05) is 34.1 Å². The van der Waals surface area contributed by atoms with Crippen LogP contribution in [-0.4, -0.2) is 7.11 Å². The molecule has 0 saturated carbocycles. The molecule has 0 amide bonds. The van der Waals surface area contributed by atoms with Crippen LogP contribution in [0.25, 0.3) is 0 Å². The second-order valence-corrected chi connectivity index (χ2v) is 5.17. The van der Waals surface area contributed by atoms with E-state index >= 15 is 0 Å². The highest BCUT2D eigenvalue weighted by Crippen LogP contribution is 2.34. The molecule has 1 unspecified atom stereocenters. The zero-order chi connectivity index (χ0) is 14.0. The number of ether oxygens (including phenoxy) is 1. The zero-order valence-corrected chi connectivity index (χ0v) is 12.2. The first-order valence-electron chi connectivity index (χ1n) is 5.76. The minimum absolute atomic E-state index is 0.265. The molecule has 0 spiro atoms. The van der Waals surface area contributed by atoms with E-state index < -0.39 is 0 Å². The van der Waals surface area contributed by atoms with Crippen molar-refractivity contribution >= 4 is 15.9 Å². The number of hydrogen-bond acceptors (Lipinski definition) is 1. The molecule has 100 valence electrons. The summed E-state index contributed by atoms with van der Waals surface area (Å²) in [6.07, 6.45) is 0. The lowest BCUT2D eigenvalue weighted by atomic mass is 10.0. The molecule has 0 radical (unpaired) electrons. The summed E-state index contributed by atoms with van der Waals surface area (Å²) in [7, 11) is 1.49. The van der Waals surface area contributed by atoms with Crippen molar-refractivity contribution in [2.24, 2.45) is 0 Å². The molecule has 2 rings (SSSR count). The Morgan fingerprint density at radius 1 is 1.05 bits per heavy atom. The standard InChI is InChI=1S/C15H13BrF2O/c1-9-7-10(3-6-13(9)17)15(16)12-5-4-11(19-2)8-14(12)18/h3-8,15H,1-2H3. The van der Waals surface area contributed by atoms with E-state index in [1.54, 1.807) is 31.2 Å². The molecule has 19 heavy (non-hydrogen) atoms. The van der Waals surface area contributed by atoms with Crippen molar-refractivity contribution in [1.82, 2.24) is 0 Å². The van der Waals surface area contributed by atoms with Crippen molar-refractivity contribution in [3.05, 3.63) is 64.7 Å². The fourth-order valence-electron chi connectivity index (χ4n) is 1.85. The number of halogens is 3. The van der Waals surface area contributed by atoms with Gasteiger partial charge in [0.05, 0.1) is 11.9 Å². The molecular weight excluding hydrogens is 314 g/mol. The van der Waals surface area contributed by atoms with Gasteiger partial charge in [-0.25, -0.2) is 8.78 Å². The van der Waals surface area contributed by atoms with Crippen molar-refractivity contribution < 1.29 is 13.5 Å². The summed E-state index contributed by atoms with van der Waals surface area (Å²) in [5.41, 5.74) is 1.84. The topological polar surface area (TPSA) is 9.23 Å². The fourth-order valence-corrected chi connectivity index (χ4v) is 2.50. The number of benzene rings is 2. The highest BCUT2D eigenvalue weighted by Gasteiger charge is 2.16. The molecule has 0 aromatic heterocycles. The zero-order valence-electron chi connectivity index (χ0n) is 10.6. The highest BCUT2D eigenvalue weighted by molar-refractivity contribution is 9.09. The Morgan fingerprint density at radius 2 is 1.79 bits per heavy atom. The van der Waals surface area contributed by atoms with Gasteiger partial charge in [0, 0.05) is 11.6 Å². The minimum atomic E-state index is -0.358. The van der Waals surface area contributed by atoms with Crippen molar-refractivity contribution in [1.29, 1.82) is 0 Å². The van der Waals surface area contributed by atoms with E-state index in [2.05, 4.69) is 15.9 Å². The van der Waals surface area contributed by atoms with Crippen molar-refractivity contribution in [3.63, 3.8) is 0 Å². The summed E-state index contributed by atoms with van der Waals surface area (Å²) < 4.78 is 32.2. The maximum absolute atomic E-state index is 14.0.